The predicted molar refractivity (Wildman–Crippen MR) is 57.7 cm³/mol. The summed E-state index contributed by atoms with van der Waals surface area (Å²) in [5, 5.41) is 8.53. The van der Waals surface area contributed by atoms with E-state index in [1.807, 2.05) is 0 Å². The van der Waals surface area contributed by atoms with Gasteiger partial charge >= 0.3 is 0 Å². The Hall–Kier alpha value is -1.73. The molecule has 84 valence electrons. The molecule has 0 aromatic carbocycles. The van der Waals surface area contributed by atoms with E-state index in [0.717, 1.165) is 4.88 Å². The number of nitrogens with two attached hydrogens (primary N) is 1. The maximum absolute atomic E-state index is 10.9. The van der Waals surface area contributed by atoms with Gasteiger partial charge in [-0.3, -0.25) is 4.79 Å². The van der Waals surface area contributed by atoms with E-state index in [4.69, 9.17) is 5.73 Å². The predicted octanol–water partition coefficient (Wildman–Crippen LogP) is 0.520. The maximum atomic E-state index is 10.9. The highest BCUT2D eigenvalue weighted by molar-refractivity contribution is 7.10. The van der Waals surface area contributed by atoms with Crippen molar-refractivity contribution in [2.45, 2.75) is 13.1 Å². The number of amides is 1. The first-order valence-corrected chi connectivity index (χ1v) is 5.47. The zero-order valence-corrected chi connectivity index (χ0v) is 9.16. The third kappa shape index (κ3) is 2.65. The summed E-state index contributed by atoms with van der Waals surface area (Å²) in [5.41, 5.74) is 5.69. The Morgan fingerprint density at radius 3 is 3.06 bits per heavy atom. The minimum atomic E-state index is -0.402. The molecular weight excluding hydrogens is 228 g/mol. The zero-order valence-electron chi connectivity index (χ0n) is 8.34. The van der Waals surface area contributed by atoms with Crippen molar-refractivity contribution in [1.29, 1.82) is 0 Å². The van der Waals surface area contributed by atoms with Crippen molar-refractivity contribution in [3.63, 3.8) is 0 Å². The standard InChI is InChI=1S/C9H10N4O2S/c10-9(14)6-1-7(16-4-6)2-11-3-8-12-5-15-13-8/h1,4-5,11H,2-3H2,(H2,10,14). The lowest BCUT2D eigenvalue weighted by Gasteiger charge is -1.97. The highest BCUT2D eigenvalue weighted by Crippen LogP contribution is 2.13. The van der Waals surface area contributed by atoms with Crippen LogP contribution in [0.5, 0.6) is 0 Å². The van der Waals surface area contributed by atoms with Crippen LogP contribution < -0.4 is 11.1 Å². The van der Waals surface area contributed by atoms with Crippen molar-refractivity contribution >= 4 is 17.2 Å². The first-order valence-electron chi connectivity index (χ1n) is 4.59. The van der Waals surface area contributed by atoms with Gasteiger partial charge in [0, 0.05) is 16.8 Å². The summed E-state index contributed by atoms with van der Waals surface area (Å²) in [5.74, 6) is 0.201. The van der Waals surface area contributed by atoms with E-state index in [-0.39, 0.29) is 0 Å². The van der Waals surface area contributed by atoms with Gasteiger partial charge in [-0.15, -0.1) is 11.3 Å². The second kappa shape index (κ2) is 4.86. The molecule has 3 N–H and O–H groups in total. The molecule has 0 saturated carbocycles. The van der Waals surface area contributed by atoms with E-state index in [9.17, 15) is 4.79 Å². The number of thiophene rings is 1. The molecule has 2 aromatic heterocycles. The van der Waals surface area contributed by atoms with Crippen LogP contribution in [-0.2, 0) is 13.1 Å². The van der Waals surface area contributed by atoms with Crippen LogP contribution in [0.2, 0.25) is 0 Å². The molecule has 2 rings (SSSR count). The number of primary amides is 1. The molecule has 1 amide bonds. The van der Waals surface area contributed by atoms with Crippen molar-refractivity contribution < 1.29 is 9.32 Å². The number of nitrogens with one attached hydrogen (secondary N) is 1. The number of hydrogen-bond acceptors (Lipinski definition) is 6. The van der Waals surface area contributed by atoms with Gasteiger partial charge in [-0.1, -0.05) is 5.16 Å². The lowest BCUT2D eigenvalue weighted by Crippen LogP contribution is -2.13. The highest BCUT2D eigenvalue weighted by Gasteiger charge is 2.04. The molecule has 0 bridgehead atoms. The molecular formula is C9H10N4O2S. The Morgan fingerprint density at radius 1 is 1.56 bits per heavy atom. The normalized spacial score (nSPS) is 10.5. The Kier molecular flexibility index (Phi) is 3.28. The van der Waals surface area contributed by atoms with Gasteiger partial charge in [-0.2, -0.15) is 4.98 Å². The van der Waals surface area contributed by atoms with Crippen molar-refractivity contribution in [3.05, 3.63) is 34.1 Å². The quantitative estimate of drug-likeness (QED) is 0.792. The second-order valence-electron chi connectivity index (χ2n) is 3.12. The van der Waals surface area contributed by atoms with Crippen molar-refractivity contribution in [1.82, 2.24) is 15.5 Å². The molecule has 0 aliphatic carbocycles. The second-order valence-corrected chi connectivity index (χ2v) is 4.11. The Labute approximate surface area is 95.5 Å². The smallest absolute Gasteiger partial charge is 0.249 e. The summed E-state index contributed by atoms with van der Waals surface area (Å²) in [6.07, 6.45) is 1.29. The summed E-state index contributed by atoms with van der Waals surface area (Å²) in [6.45, 7) is 1.17. The third-order valence-corrected chi connectivity index (χ3v) is 2.86. The number of hydrogen-bond donors (Lipinski definition) is 2. The summed E-state index contributed by atoms with van der Waals surface area (Å²) in [4.78, 5) is 15.8. The van der Waals surface area contributed by atoms with Crippen LogP contribution in [0, 0.1) is 0 Å². The van der Waals surface area contributed by atoms with Gasteiger partial charge in [0.1, 0.15) is 0 Å². The van der Waals surface area contributed by atoms with Gasteiger partial charge < -0.3 is 15.6 Å². The van der Waals surface area contributed by atoms with Crippen LogP contribution in [0.3, 0.4) is 0 Å². The topological polar surface area (TPSA) is 94.0 Å². The number of rotatable bonds is 5. The molecule has 2 heterocycles. The minimum absolute atomic E-state index is 0.402. The lowest BCUT2D eigenvalue weighted by molar-refractivity contribution is 0.100. The molecule has 0 unspecified atom stereocenters. The zero-order chi connectivity index (χ0) is 11.4. The average molecular weight is 238 g/mol. The molecule has 0 spiro atoms. The fraction of sp³-hybridized carbons (Fsp3) is 0.222. The van der Waals surface area contributed by atoms with Crippen molar-refractivity contribution in [2.75, 3.05) is 0 Å². The van der Waals surface area contributed by atoms with Crippen molar-refractivity contribution in [2.24, 2.45) is 5.73 Å². The molecule has 0 saturated heterocycles. The summed E-state index contributed by atoms with van der Waals surface area (Å²) < 4.78 is 4.59. The van der Waals surface area contributed by atoms with E-state index in [0.29, 0.717) is 24.5 Å². The Bertz CT molecular complexity index is 466. The molecule has 7 heteroatoms. The maximum Gasteiger partial charge on any atom is 0.249 e. The number of carbonyl (C=O) groups is 1. The summed E-state index contributed by atoms with van der Waals surface area (Å²) in [6, 6.07) is 1.77. The molecule has 6 nitrogen and oxygen atoms in total. The van der Waals surface area contributed by atoms with Gasteiger partial charge in [-0.25, -0.2) is 0 Å². The molecule has 0 radical (unpaired) electrons. The monoisotopic (exact) mass is 238 g/mol. The van der Waals surface area contributed by atoms with E-state index in [1.165, 1.54) is 17.7 Å². The van der Waals surface area contributed by atoms with Crippen LogP contribution in [-0.4, -0.2) is 16.0 Å². The number of aromatic nitrogens is 2. The third-order valence-electron chi connectivity index (χ3n) is 1.93. The van der Waals surface area contributed by atoms with E-state index in [2.05, 4.69) is 20.0 Å². The van der Waals surface area contributed by atoms with E-state index < -0.39 is 5.91 Å². The van der Waals surface area contributed by atoms with E-state index >= 15 is 0 Å². The fourth-order valence-corrected chi connectivity index (χ4v) is 2.01. The van der Waals surface area contributed by atoms with Crippen molar-refractivity contribution in [3.8, 4) is 0 Å². The summed E-state index contributed by atoms with van der Waals surface area (Å²) >= 11 is 1.49. The van der Waals surface area contributed by atoms with Crippen LogP contribution >= 0.6 is 11.3 Å². The first-order chi connectivity index (χ1) is 7.75. The SMILES string of the molecule is NC(=O)c1csc(CNCc2ncon2)c1. The van der Waals surface area contributed by atoms with Gasteiger partial charge in [0.25, 0.3) is 0 Å². The average Bonchev–Trinajstić information content (AvgIpc) is 2.87. The van der Waals surface area contributed by atoms with Gasteiger partial charge in [0.15, 0.2) is 5.82 Å². The molecule has 16 heavy (non-hydrogen) atoms. The lowest BCUT2D eigenvalue weighted by atomic mass is 10.3. The molecule has 0 fully saturated rings. The van der Waals surface area contributed by atoms with Crippen LogP contribution in [0.25, 0.3) is 0 Å². The minimum Gasteiger partial charge on any atom is -0.366 e. The fourth-order valence-electron chi connectivity index (χ4n) is 1.17. The first kappa shape index (κ1) is 10.8. The highest BCUT2D eigenvalue weighted by atomic mass is 32.1. The molecule has 0 aliphatic heterocycles. The van der Waals surface area contributed by atoms with Gasteiger partial charge in [-0.05, 0) is 6.07 Å². The molecule has 0 atom stereocenters. The molecule has 2 aromatic rings. The largest absolute Gasteiger partial charge is 0.366 e. The summed E-state index contributed by atoms with van der Waals surface area (Å²) in [7, 11) is 0. The van der Waals surface area contributed by atoms with Gasteiger partial charge in [0.2, 0.25) is 12.3 Å². The molecule has 0 aliphatic rings. The Balaban J connectivity index is 1.83. The van der Waals surface area contributed by atoms with Crippen LogP contribution in [0.15, 0.2) is 22.4 Å². The number of nitrogens with zero attached hydrogens (tertiary/aromatic N) is 2. The van der Waals surface area contributed by atoms with Crippen LogP contribution in [0.4, 0.5) is 0 Å². The van der Waals surface area contributed by atoms with Crippen LogP contribution in [0.1, 0.15) is 21.1 Å². The van der Waals surface area contributed by atoms with E-state index in [1.54, 1.807) is 11.4 Å². The Morgan fingerprint density at radius 2 is 2.44 bits per heavy atom. The number of carbonyl (C=O) groups excluding carboxylic acids is 1. The van der Waals surface area contributed by atoms with Gasteiger partial charge in [0.05, 0.1) is 12.1 Å².